The minimum absolute atomic E-state index is 0.154. The Balaban J connectivity index is 2.84. The zero-order valence-corrected chi connectivity index (χ0v) is 9.39. The van der Waals surface area contributed by atoms with Gasteiger partial charge in [-0.3, -0.25) is 0 Å². The highest BCUT2D eigenvalue weighted by Crippen LogP contribution is 2.30. The van der Waals surface area contributed by atoms with E-state index in [-0.39, 0.29) is 5.92 Å². The second kappa shape index (κ2) is 3.42. The van der Waals surface area contributed by atoms with Gasteiger partial charge in [-0.05, 0) is 6.08 Å². The number of alkyl halides is 1. The van der Waals surface area contributed by atoms with E-state index in [9.17, 15) is 5.11 Å². The zero-order valence-electron chi connectivity index (χ0n) is 6.22. The Bertz CT molecular complexity index is 210. The smallest absolute Gasteiger partial charge is 0.0987 e. The molecule has 1 aliphatic rings. The first-order valence-electron chi connectivity index (χ1n) is 3.43. The highest BCUT2D eigenvalue weighted by molar-refractivity contribution is 9.11. The molecule has 0 heterocycles. The van der Waals surface area contributed by atoms with Crippen molar-refractivity contribution < 1.29 is 5.11 Å². The summed E-state index contributed by atoms with van der Waals surface area (Å²) >= 11 is 6.64. The maximum Gasteiger partial charge on any atom is 0.0987 e. The molecule has 62 valence electrons. The Hall–Kier alpha value is 0.400. The normalized spacial score (nSPS) is 37.1. The molecule has 0 radical (unpaired) electrons. The molecule has 11 heavy (non-hydrogen) atoms. The van der Waals surface area contributed by atoms with Crippen LogP contribution in [0.2, 0.25) is 0 Å². The van der Waals surface area contributed by atoms with Crippen molar-refractivity contribution >= 4 is 31.9 Å². The van der Waals surface area contributed by atoms with Gasteiger partial charge in [-0.25, -0.2) is 0 Å². The predicted molar refractivity (Wildman–Crippen MR) is 54.1 cm³/mol. The van der Waals surface area contributed by atoms with E-state index in [1.807, 2.05) is 25.2 Å². The van der Waals surface area contributed by atoms with Crippen molar-refractivity contribution in [3.63, 3.8) is 0 Å². The number of aliphatic hydroxyl groups is 1. The van der Waals surface area contributed by atoms with E-state index in [0.717, 1.165) is 4.48 Å². The lowest BCUT2D eigenvalue weighted by molar-refractivity contribution is 0.0791. The molecule has 2 unspecified atom stereocenters. The highest BCUT2D eigenvalue weighted by atomic mass is 79.9. The van der Waals surface area contributed by atoms with Crippen LogP contribution in [0.25, 0.3) is 0 Å². The second-order valence-electron chi connectivity index (χ2n) is 2.80. The summed E-state index contributed by atoms with van der Waals surface area (Å²) in [5, 5.41) is 10.4. The maximum absolute atomic E-state index is 9.87. The van der Waals surface area contributed by atoms with Crippen molar-refractivity contribution in [2.45, 2.75) is 12.5 Å². The van der Waals surface area contributed by atoms with Gasteiger partial charge in [0.2, 0.25) is 0 Å². The lowest BCUT2D eigenvalue weighted by atomic mass is 9.87. The van der Waals surface area contributed by atoms with Gasteiger partial charge in [-0.2, -0.15) is 0 Å². The average molecular weight is 282 g/mol. The van der Waals surface area contributed by atoms with Crippen LogP contribution < -0.4 is 0 Å². The van der Waals surface area contributed by atoms with E-state index >= 15 is 0 Å². The maximum atomic E-state index is 9.87. The molecule has 0 saturated heterocycles. The molecule has 0 aromatic rings. The van der Waals surface area contributed by atoms with Crippen LogP contribution in [0.4, 0.5) is 0 Å². The van der Waals surface area contributed by atoms with Gasteiger partial charge in [0.05, 0.1) is 5.60 Å². The van der Waals surface area contributed by atoms with Crippen LogP contribution in [0.1, 0.15) is 6.92 Å². The van der Waals surface area contributed by atoms with Gasteiger partial charge in [0, 0.05) is 15.7 Å². The first kappa shape index (κ1) is 9.49. The summed E-state index contributed by atoms with van der Waals surface area (Å²) in [5.74, 6) is 0.154. The standard InChI is InChI=1S/C8H10Br2O/c1-6-4-7(10)2-3-8(6,11)5-9/h2-4,6,11H,5H2,1H3. The van der Waals surface area contributed by atoms with Crippen molar-refractivity contribution in [2.24, 2.45) is 5.92 Å². The van der Waals surface area contributed by atoms with Gasteiger partial charge in [0.25, 0.3) is 0 Å². The van der Waals surface area contributed by atoms with Gasteiger partial charge >= 0.3 is 0 Å². The molecule has 1 aliphatic carbocycles. The molecule has 0 bridgehead atoms. The van der Waals surface area contributed by atoms with E-state index < -0.39 is 5.60 Å². The van der Waals surface area contributed by atoms with Crippen molar-refractivity contribution in [2.75, 3.05) is 5.33 Å². The summed E-state index contributed by atoms with van der Waals surface area (Å²) in [6, 6.07) is 0. The fourth-order valence-electron chi connectivity index (χ4n) is 0.981. The average Bonchev–Trinajstić information content (AvgIpc) is 1.98. The zero-order chi connectivity index (χ0) is 8.48. The largest absolute Gasteiger partial charge is 0.384 e. The number of allylic oxidation sites excluding steroid dienone is 2. The Kier molecular flexibility index (Phi) is 2.95. The Morgan fingerprint density at radius 1 is 1.73 bits per heavy atom. The first-order valence-corrected chi connectivity index (χ1v) is 5.35. The van der Waals surface area contributed by atoms with E-state index in [2.05, 4.69) is 31.9 Å². The molecular weight excluding hydrogens is 272 g/mol. The van der Waals surface area contributed by atoms with Crippen molar-refractivity contribution in [1.29, 1.82) is 0 Å². The summed E-state index contributed by atoms with van der Waals surface area (Å²) in [6.45, 7) is 1.99. The minimum atomic E-state index is -0.711. The third-order valence-corrected chi connectivity index (χ3v) is 3.37. The van der Waals surface area contributed by atoms with E-state index in [0.29, 0.717) is 5.33 Å². The molecule has 0 spiro atoms. The molecular formula is C8H10Br2O. The molecule has 0 aromatic heterocycles. The first-order chi connectivity index (χ1) is 5.08. The third-order valence-electron chi connectivity index (χ3n) is 1.94. The number of halogens is 2. The lowest BCUT2D eigenvalue weighted by Crippen LogP contribution is -2.36. The Morgan fingerprint density at radius 2 is 2.36 bits per heavy atom. The molecule has 0 saturated carbocycles. The van der Waals surface area contributed by atoms with Crippen LogP contribution in [0.3, 0.4) is 0 Å². The third kappa shape index (κ3) is 1.95. The number of hydrogen-bond donors (Lipinski definition) is 1. The summed E-state index contributed by atoms with van der Waals surface area (Å²) < 4.78 is 1.04. The second-order valence-corrected chi connectivity index (χ2v) is 4.27. The van der Waals surface area contributed by atoms with Gasteiger partial charge < -0.3 is 5.11 Å². The number of hydrogen-bond acceptors (Lipinski definition) is 1. The molecule has 0 fully saturated rings. The van der Waals surface area contributed by atoms with Gasteiger partial charge in [-0.1, -0.05) is 50.9 Å². The molecule has 2 atom stereocenters. The molecule has 1 N–H and O–H groups in total. The molecule has 0 amide bonds. The molecule has 3 heteroatoms. The SMILES string of the molecule is CC1C=C(Br)C=CC1(O)CBr. The van der Waals surface area contributed by atoms with Crippen molar-refractivity contribution in [1.82, 2.24) is 0 Å². The monoisotopic (exact) mass is 280 g/mol. The topological polar surface area (TPSA) is 20.2 Å². The van der Waals surface area contributed by atoms with Crippen LogP contribution in [-0.2, 0) is 0 Å². The fourth-order valence-corrected chi connectivity index (χ4v) is 2.21. The molecule has 0 aliphatic heterocycles. The summed E-state index contributed by atoms with van der Waals surface area (Å²) in [5.41, 5.74) is -0.711. The quantitative estimate of drug-likeness (QED) is 0.733. The fraction of sp³-hybridized carbons (Fsp3) is 0.500. The number of rotatable bonds is 1. The highest BCUT2D eigenvalue weighted by Gasteiger charge is 2.30. The van der Waals surface area contributed by atoms with Gasteiger partial charge in [0.15, 0.2) is 0 Å². The Morgan fingerprint density at radius 3 is 2.82 bits per heavy atom. The summed E-state index contributed by atoms with van der Waals surface area (Å²) in [4.78, 5) is 0. The van der Waals surface area contributed by atoms with E-state index in [1.54, 1.807) is 0 Å². The Labute approximate surface area is 83.4 Å². The van der Waals surface area contributed by atoms with Gasteiger partial charge in [0.1, 0.15) is 0 Å². The minimum Gasteiger partial charge on any atom is -0.384 e. The van der Waals surface area contributed by atoms with Gasteiger partial charge in [-0.15, -0.1) is 0 Å². The summed E-state index contributed by atoms with van der Waals surface area (Å²) in [6.07, 6.45) is 5.69. The molecule has 0 aromatic carbocycles. The van der Waals surface area contributed by atoms with Crippen LogP contribution in [0.15, 0.2) is 22.7 Å². The predicted octanol–water partition coefficient (Wildman–Crippen LogP) is 2.60. The van der Waals surface area contributed by atoms with Crippen LogP contribution in [0, 0.1) is 5.92 Å². The van der Waals surface area contributed by atoms with Crippen LogP contribution in [-0.4, -0.2) is 16.0 Å². The summed E-state index contributed by atoms with van der Waals surface area (Å²) in [7, 11) is 0. The lowest BCUT2D eigenvalue weighted by Gasteiger charge is -2.29. The van der Waals surface area contributed by atoms with Crippen LogP contribution >= 0.6 is 31.9 Å². The molecule has 1 nitrogen and oxygen atoms in total. The van der Waals surface area contributed by atoms with E-state index in [1.165, 1.54) is 0 Å². The van der Waals surface area contributed by atoms with Crippen LogP contribution in [0.5, 0.6) is 0 Å². The molecule has 1 rings (SSSR count). The van der Waals surface area contributed by atoms with Crippen molar-refractivity contribution in [3.05, 3.63) is 22.7 Å². The van der Waals surface area contributed by atoms with Crippen molar-refractivity contribution in [3.8, 4) is 0 Å². The van der Waals surface area contributed by atoms with E-state index in [4.69, 9.17) is 0 Å².